The van der Waals surface area contributed by atoms with E-state index in [4.69, 9.17) is 0 Å². The molecule has 0 rings (SSSR count). The lowest BCUT2D eigenvalue weighted by molar-refractivity contribution is 1.22. The standard InChI is InChI=1S/2C5H10.C4H8.4CH4/c1-4-5(2)3;1-3-5-4-2;1-3-4-2;;;;/h4H,1-3H3;3,5H,4H2,1-2H3;3-4H,1-2H3;4*1H4/b;5-3+;4-3-;;;;. The molecule has 0 saturated carbocycles. The molecule has 0 aromatic rings. The van der Waals surface area contributed by atoms with E-state index in [1.54, 1.807) is 0 Å². The minimum absolute atomic E-state index is 0. The van der Waals surface area contributed by atoms with Crippen LogP contribution in [0.4, 0.5) is 0 Å². The zero-order chi connectivity index (χ0) is 11.8. The quantitative estimate of drug-likeness (QED) is 0.418. The summed E-state index contributed by atoms with van der Waals surface area (Å²) in [6.45, 7) is 14.4. The van der Waals surface area contributed by atoms with Gasteiger partial charge in [0, 0.05) is 0 Å². The number of hydrogen-bond acceptors (Lipinski definition) is 0. The van der Waals surface area contributed by atoms with Crippen molar-refractivity contribution in [1.82, 2.24) is 0 Å². The van der Waals surface area contributed by atoms with Crippen molar-refractivity contribution in [1.29, 1.82) is 0 Å². The van der Waals surface area contributed by atoms with Crippen LogP contribution in [0.15, 0.2) is 36.0 Å². The van der Waals surface area contributed by atoms with Crippen LogP contribution in [0.1, 0.15) is 84.6 Å². The minimum Gasteiger partial charge on any atom is -0.0919 e. The van der Waals surface area contributed by atoms with Crippen LogP contribution in [0.25, 0.3) is 0 Å². The monoisotopic (exact) mass is 260 g/mol. The molecular weight excluding hydrogens is 216 g/mol. The number of rotatable bonds is 1. The highest BCUT2D eigenvalue weighted by Crippen LogP contribution is 1.82. The van der Waals surface area contributed by atoms with Gasteiger partial charge >= 0.3 is 0 Å². The molecule has 0 aromatic heterocycles. The van der Waals surface area contributed by atoms with Crippen LogP contribution < -0.4 is 0 Å². The molecule has 0 heteroatoms. The third kappa shape index (κ3) is 173. The Morgan fingerprint density at radius 2 is 1.00 bits per heavy atom. The summed E-state index contributed by atoms with van der Waals surface area (Å²) in [7, 11) is 0. The van der Waals surface area contributed by atoms with Crippen molar-refractivity contribution in [2.75, 3.05) is 0 Å². The van der Waals surface area contributed by atoms with Crippen LogP contribution >= 0.6 is 0 Å². The van der Waals surface area contributed by atoms with Crippen molar-refractivity contribution in [3.05, 3.63) is 36.0 Å². The molecule has 0 radical (unpaired) electrons. The zero-order valence-electron chi connectivity index (χ0n) is 11.1. The van der Waals surface area contributed by atoms with Gasteiger partial charge in [0.2, 0.25) is 0 Å². The van der Waals surface area contributed by atoms with Crippen LogP contribution in [0.3, 0.4) is 0 Å². The van der Waals surface area contributed by atoms with Gasteiger partial charge in [-0.05, 0) is 48.0 Å². The Morgan fingerprint density at radius 1 is 0.722 bits per heavy atom. The van der Waals surface area contributed by atoms with Crippen LogP contribution in [0, 0.1) is 0 Å². The third-order valence-electron chi connectivity index (χ3n) is 1.38. The highest BCUT2D eigenvalue weighted by molar-refractivity contribution is 4.88. The molecule has 0 aliphatic carbocycles. The van der Waals surface area contributed by atoms with Gasteiger partial charge < -0.3 is 0 Å². The Hall–Kier alpha value is -0.780. The zero-order valence-corrected chi connectivity index (χ0v) is 11.1. The summed E-state index contributed by atoms with van der Waals surface area (Å²) in [5, 5.41) is 0. The van der Waals surface area contributed by atoms with Gasteiger partial charge in [-0.2, -0.15) is 0 Å². The molecule has 0 aliphatic heterocycles. The summed E-state index contributed by atoms with van der Waals surface area (Å²) in [6.07, 6.45) is 11.4. The summed E-state index contributed by atoms with van der Waals surface area (Å²) < 4.78 is 0. The Morgan fingerprint density at radius 3 is 1.00 bits per heavy atom. The fourth-order valence-corrected chi connectivity index (χ4v) is 0.236. The molecule has 0 aromatic carbocycles. The summed E-state index contributed by atoms with van der Waals surface area (Å²) in [5.74, 6) is 0. The van der Waals surface area contributed by atoms with Gasteiger partial charge in [0.15, 0.2) is 0 Å². The predicted molar refractivity (Wildman–Crippen MR) is 97.6 cm³/mol. The SMILES string of the molecule is C.C.C.C.C/C=C/CC.C/C=C\C.CC=C(C)C. The summed E-state index contributed by atoms with van der Waals surface area (Å²) in [6, 6.07) is 0. The molecule has 0 saturated heterocycles. The van der Waals surface area contributed by atoms with Crippen molar-refractivity contribution in [3.8, 4) is 0 Å². The average Bonchev–Trinajstić information content (AvgIpc) is 2.20. The normalized spacial score (nSPS) is 6.83. The predicted octanol–water partition coefficient (Wildman–Crippen LogP) is 8.07. The molecule has 0 N–H and O–H groups in total. The van der Waals surface area contributed by atoms with E-state index in [1.165, 1.54) is 5.57 Å². The summed E-state index contributed by atoms with van der Waals surface area (Å²) in [5.41, 5.74) is 1.38. The lowest BCUT2D eigenvalue weighted by atomic mass is 10.3. The van der Waals surface area contributed by atoms with E-state index in [2.05, 4.69) is 39.0 Å². The fourth-order valence-electron chi connectivity index (χ4n) is 0.236. The first kappa shape index (κ1) is 43.4. The molecule has 0 aliphatic rings. The molecular formula is C18H44. The molecule has 18 heavy (non-hydrogen) atoms. The highest BCUT2D eigenvalue weighted by Gasteiger charge is 1.60. The first-order valence-corrected chi connectivity index (χ1v) is 5.38. The maximum Gasteiger partial charge on any atom is -0.0379 e. The highest BCUT2D eigenvalue weighted by atomic mass is 13.7. The third-order valence-corrected chi connectivity index (χ3v) is 1.38. The first-order chi connectivity index (χ1) is 6.60. The Kier molecular flexibility index (Phi) is 134. The average molecular weight is 261 g/mol. The molecule has 0 unspecified atom stereocenters. The van der Waals surface area contributed by atoms with Crippen molar-refractivity contribution in [3.63, 3.8) is 0 Å². The van der Waals surface area contributed by atoms with Gasteiger partial charge in [-0.3, -0.25) is 0 Å². The molecule has 0 heterocycles. The fraction of sp³-hybridized carbons (Fsp3) is 0.667. The van der Waals surface area contributed by atoms with E-state index in [-0.39, 0.29) is 29.7 Å². The van der Waals surface area contributed by atoms with E-state index in [0.717, 1.165) is 6.42 Å². The second-order valence-corrected chi connectivity index (χ2v) is 3.01. The van der Waals surface area contributed by atoms with Crippen LogP contribution in [-0.4, -0.2) is 0 Å². The molecule has 0 atom stereocenters. The van der Waals surface area contributed by atoms with Gasteiger partial charge in [0.05, 0.1) is 0 Å². The Bertz CT molecular complexity index is 139. The van der Waals surface area contributed by atoms with E-state index in [9.17, 15) is 0 Å². The van der Waals surface area contributed by atoms with Gasteiger partial charge in [0.1, 0.15) is 0 Å². The maximum atomic E-state index is 2.12. The van der Waals surface area contributed by atoms with Crippen molar-refractivity contribution < 1.29 is 0 Å². The summed E-state index contributed by atoms with van der Waals surface area (Å²) >= 11 is 0. The minimum atomic E-state index is 0. The van der Waals surface area contributed by atoms with Crippen LogP contribution in [-0.2, 0) is 0 Å². The number of allylic oxidation sites excluding steroid dienone is 6. The summed E-state index contributed by atoms with van der Waals surface area (Å²) in [4.78, 5) is 0. The first-order valence-electron chi connectivity index (χ1n) is 5.38. The van der Waals surface area contributed by atoms with Crippen molar-refractivity contribution in [2.45, 2.75) is 84.6 Å². The van der Waals surface area contributed by atoms with Crippen molar-refractivity contribution in [2.24, 2.45) is 0 Å². The lowest BCUT2D eigenvalue weighted by Crippen LogP contribution is -1.52. The smallest absolute Gasteiger partial charge is 0.0379 e. The number of hydrogen-bond donors (Lipinski definition) is 0. The van der Waals surface area contributed by atoms with Gasteiger partial charge in [-0.1, -0.05) is 72.6 Å². The van der Waals surface area contributed by atoms with Gasteiger partial charge in [0.25, 0.3) is 0 Å². The van der Waals surface area contributed by atoms with E-state index in [0.29, 0.717) is 0 Å². The second-order valence-electron chi connectivity index (χ2n) is 3.01. The van der Waals surface area contributed by atoms with Gasteiger partial charge in [-0.15, -0.1) is 0 Å². The largest absolute Gasteiger partial charge is 0.0919 e. The van der Waals surface area contributed by atoms with Crippen LogP contribution in [0.5, 0.6) is 0 Å². The van der Waals surface area contributed by atoms with Gasteiger partial charge in [-0.25, -0.2) is 0 Å². The molecule has 0 fully saturated rings. The maximum absolute atomic E-state index is 2.12. The van der Waals surface area contributed by atoms with Crippen LogP contribution in [0.2, 0.25) is 0 Å². The van der Waals surface area contributed by atoms with E-state index >= 15 is 0 Å². The molecule has 0 amide bonds. The lowest BCUT2D eigenvalue weighted by Gasteiger charge is -1.74. The molecule has 0 nitrogen and oxygen atoms in total. The molecule has 0 spiro atoms. The topological polar surface area (TPSA) is 0 Å². The van der Waals surface area contributed by atoms with E-state index < -0.39 is 0 Å². The molecule has 0 bridgehead atoms. The Balaban J connectivity index is -0.0000000183. The molecule has 116 valence electrons. The second kappa shape index (κ2) is 55.6. The van der Waals surface area contributed by atoms with Crippen molar-refractivity contribution >= 4 is 0 Å². The van der Waals surface area contributed by atoms with E-state index in [1.807, 2.05) is 39.8 Å². The Labute approximate surface area is 121 Å².